The number of aromatic amines is 1. The van der Waals surface area contributed by atoms with Crippen molar-refractivity contribution in [3.63, 3.8) is 0 Å². The molecular formula is C11H16N4O. The quantitative estimate of drug-likeness (QED) is 0.846. The van der Waals surface area contributed by atoms with Gasteiger partial charge in [-0.05, 0) is 13.3 Å². The predicted octanol–water partition coefficient (Wildman–Crippen LogP) is 1.24. The molecule has 0 aromatic carbocycles. The minimum absolute atomic E-state index is 0.0980. The van der Waals surface area contributed by atoms with Crippen molar-refractivity contribution in [2.45, 2.75) is 40.0 Å². The van der Waals surface area contributed by atoms with Crippen LogP contribution < -0.4 is 5.56 Å². The zero-order valence-electron chi connectivity index (χ0n) is 9.87. The van der Waals surface area contributed by atoms with Gasteiger partial charge in [0.2, 0.25) is 0 Å². The first-order valence-electron chi connectivity index (χ1n) is 5.64. The highest BCUT2D eigenvalue weighted by Gasteiger charge is 2.12. The van der Waals surface area contributed by atoms with Gasteiger partial charge in [-0.3, -0.25) is 4.79 Å². The highest BCUT2D eigenvalue weighted by Crippen LogP contribution is 2.08. The number of rotatable bonds is 3. The van der Waals surface area contributed by atoms with Crippen LogP contribution in [0.3, 0.4) is 0 Å². The highest BCUT2D eigenvalue weighted by molar-refractivity contribution is 5.49. The molecule has 0 saturated heterocycles. The van der Waals surface area contributed by atoms with Gasteiger partial charge >= 0.3 is 0 Å². The summed E-state index contributed by atoms with van der Waals surface area (Å²) in [6.07, 6.45) is 2.55. The number of fused-ring (bicyclic) bond motifs is 1. The van der Waals surface area contributed by atoms with E-state index >= 15 is 0 Å². The number of H-pyrrole nitrogens is 1. The largest absolute Gasteiger partial charge is 0.307 e. The molecule has 2 aromatic rings. The molecule has 2 aromatic heterocycles. The second-order valence-corrected chi connectivity index (χ2v) is 3.88. The zero-order valence-corrected chi connectivity index (χ0v) is 9.87. The van der Waals surface area contributed by atoms with Gasteiger partial charge in [-0.1, -0.05) is 13.8 Å². The Bertz CT molecular complexity index is 567. The third-order valence-corrected chi connectivity index (χ3v) is 2.60. The van der Waals surface area contributed by atoms with E-state index in [0.29, 0.717) is 17.8 Å². The molecule has 16 heavy (non-hydrogen) atoms. The normalized spacial score (nSPS) is 11.2. The van der Waals surface area contributed by atoms with E-state index in [2.05, 4.69) is 22.0 Å². The first kappa shape index (κ1) is 10.9. The fourth-order valence-electron chi connectivity index (χ4n) is 1.82. The summed E-state index contributed by atoms with van der Waals surface area (Å²) in [5.41, 5.74) is 1.22. The lowest BCUT2D eigenvalue weighted by Gasteiger charge is -2.00. The van der Waals surface area contributed by atoms with Crippen LogP contribution in [-0.2, 0) is 12.8 Å². The number of imidazole rings is 1. The molecule has 0 aliphatic rings. The lowest BCUT2D eigenvalue weighted by Crippen LogP contribution is -2.17. The van der Waals surface area contributed by atoms with Crippen LogP contribution in [0.2, 0.25) is 0 Å². The Kier molecular flexibility index (Phi) is 2.77. The summed E-state index contributed by atoms with van der Waals surface area (Å²) in [4.78, 5) is 19.0. The summed E-state index contributed by atoms with van der Waals surface area (Å²) in [6, 6.07) is 0. The number of nitrogens with one attached hydrogen (secondary N) is 1. The van der Waals surface area contributed by atoms with Crippen LogP contribution in [0.4, 0.5) is 0 Å². The molecule has 2 heterocycles. The molecule has 0 amide bonds. The highest BCUT2D eigenvalue weighted by atomic mass is 16.1. The molecule has 5 heteroatoms. The molecule has 0 aliphatic heterocycles. The molecule has 0 fully saturated rings. The van der Waals surface area contributed by atoms with Gasteiger partial charge in [0.15, 0.2) is 5.52 Å². The van der Waals surface area contributed by atoms with Gasteiger partial charge in [0.05, 0.1) is 5.69 Å². The maximum absolute atomic E-state index is 11.8. The smallest absolute Gasteiger partial charge is 0.277 e. The van der Waals surface area contributed by atoms with Gasteiger partial charge in [0, 0.05) is 12.8 Å². The molecule has 86 valence electrons. The zero-order chi connectivity index (χ0) is 11.7. The van der Waals surface area contributed by atoms with Gasteiger partial charge in [-0.15, -0.1) is 0 Å². The van der Waals surface area contributed by atoms with Crippen molar-refractivity contribution in [3.05, 3.63) is 27.7 Å². The minimum Gasteiger partial charge on any atom is -0.307 e. The topological polar surface area (TPSA) is 63.0 Å². The summed E-state index contributed by atoms with van der Waals surface area (Å²) < 4.78 is 1.69. The van der Waals surface area contributed by atoms with E-state index in [4.69, 9.17) is 0 Å². The van der Waals surface area contributed by atoms with Crippen LogP contribution in [0.25, 0.3) is 5.52 Å². The van der Waals surface area contributed by atoms with E-state index in [0.717, 1.165) is 24.4 Å². The molecule has 0 spiro atoms. The Morgan fingerprint density at radius 2 is 2.12 bits per heavy atom. The molecule has 0 saturated carbocycles. The maximum Gasteiger partial charge on any atom is 0.277 e. The average Bonchev–Trinajstić information content (AvgIpc) is 2.56. The summed E-state index contributed by atoms with van der Waals surface area (Å²) in [6.45, 7) is 5.90. The van der Waals surface area contributed by atoms with E-state index in [9.17, 15) is 4.79 Å². The van der Waals surface area contributed by atoms with Crippen molar-refractivity contribution in [2.75, 3.05) is 0 Å². The van der Waals surface area contributed by atoms with Crippen molar-refractivity contribution in [2.24, 2.45) is 0 Å². The third kappa shape index (κ3) is 1.62. The summed E-state index contributed by atoms with van der Waals surface area (Å²) in [5, 5.41) is 4.39. The molecule has 0 bridgehead atoms. The van der Waals surface area contributed by atoms with Gasteiger partial charge in [0.25, 0.3) is 5.56 Å². The molecule has 0 atom stereocenters. The Balaban J connectivity index is 2.76. The van der Waals surface area contributed by atoms with Crippen molar-refractivity contribution in [1.29, 1.82) is 0 Å². The Labute approximate surface area is 93.5 Å². The van der Waals surface area contributed by atoms with Gasteiger partial charge < -0.3 is 4.98 Å². The summed E-state index contributed by atoms with van der Waals surface area (Å²) in [7, 11) is 0. The van der Waals surface area contributed by atoms with Crippen molar-refractivity contribution in [1.82, 2.24) is 19.6 Å². The van der Waals surface area contributed by atoms with E-state index in [1.165, 1.54) is 0 Å². The number of hydrogen-bond acceptors (Lipinski definition) is 3. The van der Waals surface area contributed by atoms with Crippen LogP contribution >= 0.6 is 0 Å². The van der Waals surface area contributed by atoms with Crippen molar-refractivity contribution < 1.29 is 0 Å². The van der Waals surface area contributed by atoms with Crippen molar-refractivity contribution in [3.8, 4) is 0 Å². The lowest BCUT2D eigenvalue weighted by molar-refractivity contribution is 0.730. The minimum atomic E-state index is -0.0980. The first-order chi connectivity index (χ1) is 7.67. The monoisotopic (exact) mass is 220 g/mol. The lowest BCUT2D eigenvalue weighted by atomic mass is 10.3. The van der Waals surface area contributed by atoms with Crippen LogP contribution in [0, 0.1) is 6.92 Å². The van der Waals surface area contributed by atoms with Crippen LogP contribution in [0.1, 0.15) is 37.6 Å². The molecule has 2 rings (SSSR count). The SMILES string of the molecule is CCCc1nc(C)c2c(=O)[nH]c(CC)nn12. The average molecular weight is 220 g/mol. The fraction of sp³-hybridized carbons (Fsp3) is 0.545. The van der Waals surface area contributed by atoms with Crippen LogP contribution in [0.5, 0.6) is 0 Å². The fourth-order valence-corrected chi connectivity index (χ4v) is 1.82. The van der Waals surface area contributed by atoms with E-state index in [1.54, 1.807) is 4.52 Å². The number of aryl methyl sites for hydroxylation is 3. The predicted molar refractivity (Wildman–Crippen MR) is 61.7 cm³/mol. The Hall–Kier alpha value is -1.65. The second-order valence-electron chi connectivity index (χ2n) is 3.88. The molecule has 0 radical (unpaired) electrons. The number of nitrogens with zero attached hydrogens (tertiary/aromatic N) is 3. The van der Waals surface area contributed by atoms with Crippen LogP contribution in [-0.4, -0.2) is 19.6 Å². The van der Waals surface area contributed by atoms with Gasteiger partial charge in [0.1, 0.15) is 11.6 Å². The van der Waals surface area contributed by atoms with E-state index < -0.39 is 0 Å². The Morgan fingerprint density at radius 1 is 1.38 bits per heavy atom. The summed E-state index contributed by atoms with van der Waals surface area (Å²) >= 11 is 0. The molecular weight excluding hydrogens is 204 g/mol. The third-order valence-electron chi connectivity index (χ3n) is 2.60. The number of aromatic nitrogens is 4. The first-order valence-corrected chi connectivity index (χ1v) is 5.64. The van der Waals surface area contributed by atoms with Gasteiger partial charge in [-0.2, -0.15) is 5.10 Å². The molecule has 0 unspecified atom stereocenters. The van der Waals surface area contributed by atoms with E-state index in [1.807, 2.05) is 13.8 Å². The molecule has 1 N–H and O–H groups in total. The number of hydrogen-bond donors (Lipinski definition) is 1. The molecule has 5 nitrogen and oxygen atoms in total. The van der Waals surface area contributed by atoms with Gasteiger partial charge in [-0.25, -0.2) is 9.50 Å². The standard InChI is InChI=1S/C11H16N4O/c1-4-6-9-12-7(3)10-11(16)13-8(5-2)14-15(9)10/h4-6H2,1-3H3,(H,13,14,16). The Morgan fingerprint density at radius 3 is 2.75 bits per heavy atom. The van der Waals surface area contributed by atoms with Crippen molar-refractivity contribution >= 4 is 5.52 Å². The maximum atomic E-state index is 11.8. The molecule has 0 aliphatic carbocycles. The van der Waals surface area contributed by atoms with E-state index in [-0.39, 0.29) is 5.56 Å². The second kappa shape index (κ2) is 4.08. The summed E-state index contributed by atoms with van der Waals surface area (Å²) in [5.74, 6) is 1.57. The van der Waals surface area contributed by atoms with Crippen LogP contribution in [0.15, 0.2) is 4.79 Å².